The summed E-state index contributed by atoms with van der Waals surface area (Å²) in [5.41, 5.74) is 1.78. The van der Waals surface area contributed by atoms with Crippen LogP contribution in [-0.2, 0) is 4.79 Å². The normalized spacial score (nSPS) is 11.6. The molecule has 96 valence electrons. The van der Waals surface area contributed by atoms with Crippen LogP contribution in [0.15, 0.2) is 24.3 Å². The summed E-state index contributed by atoms with van der Waals surface area (Å²) in [7, 11) is 0. The van der Waals surface area contributed by atoms with Gasteiger partial charge < -0.3 is 5.32 Å². The minimum absolute atomic E-state index is 0.134. The molecule has 1 aromatic carbocycles. The molecule has 0 fully saturated rings. The first-order valence-corrected chi connectivity index (χ1v) is 5.71. The van der Waals surface area contributed by atoms with E-state index in [1.54, 1.807) is 0 Å². The number of aromatic nitrogens is 4. The summed E-state index contributed by atoms with van der Waals surface area (Å²) in [5.74, 6) is 0.241. The van der Waals surface area contributed by atoms with Crippen molar-refractivity contribution < 1.29 is 4.79 Å². The molecule has 1 unspecified atom stereocenters. The van der Waals surface area contributed by atoms with Crippen molar-refractivity contribution in [3.8, 4) is 17.5 Å². The van der Waals surface area contributed by atoms with Crippen molar-refractivity contribution in [3.05, 3.63) is 29.8 Å². The highest BCUT2D eigenvalue weighted by atomic mass is 16.1. The standard InChI is InChI=1S/C12H12N6O/c1-8(14-11(19)6-7-13)9-2-4-10(5-3-9)12-15-17-18-16-12/h2-5,8H,6H2,1H3,(H,14,19)(H,15,16,17,18). The van der Waals surface area contributed by atoms with Crippen molar-refractivity contribution in [2.75, 3.05) is 0 Å². The molecule has 2 aromatic rings. The lowest BCUT2D eigenvalue weighted by atomic mass is 10.1. The number of hydrogen-bond acceptors (Lipinski definition) is 5. The number of nitriles is 1. The summed E-state index contributed by atoms with van der Waals surface area (Å²) in [5, 5.41) is 24.8. The fraction of sp³-hybridized carbons (Fsp3) is 0.250. The maximum atomic E-state index is 11.3. The van der Waals surface area contributed by atoms with Gasteiger partial charge >= 0.3 is 0 Å². The van der Waals surface area contributed by atoms with E-state index in [4.69, 9.17) is 5.26 Å². The van der Waals surface area contributed by atoms with E-state index in [-0.39, 0.29) is 18.4 Å². The molecule has 7 heteroatoms. The quantitative estimate of drug-likeness (QED) is 0.847. The van der Waals surface area contributed by atoms with Gasteiger partial charge in [-0.25, -0.2) is 0 Å². The lowest BCUT2D eigenvalue weighted by molar-refractivity contribution is -0.120. The topological polar surface area (TPSA) is 107 Å². The Kier molecular flexibility index (Phi) is 3.83. The van der Waals surface area contributed by atoms with Crippen LogP contribution in [0.25, 0.3) is 11.4 Å². The van der Waals surface area contributed by atoms with Crippen molar-refractivity contribution in [1.82, 2.24) is 25.9 Å². The smallest absolute Gasteiger partial charge is 0.234 e. The second-order valence-electron chi connectivity index (χ2n) is 3.98. The molecule has 2 rings (SSSR count). The van der Waals surface area contributed by atoms with Gasteiger partial charge in [0, 0.05) is 5.56 Å². The molecule has 2 N–H and O–H groups in total. The summed E-state index contributed by atoms with van der Waals surface area (Å²) in [6, 6.07) is 9.12. The van der Waals surface area contributed by atoms with Crippen LogP contribution in [0.1, 0.15) is 24.9 Å². The maximum absolute atomic E-state index is 11.3. The van der Waals surface area contributed by atoms with Crippen molar-refractivity contribution in [2.45, 2.75) is 19.4 Å². The monoisotopic (exact) mass is 256 g/mol. The zero-order chi connectivity index (χ0) is 13.7. The minimum Gasteiger partial charge on any atom is -0.349 e. The molecule has 0 spiro atoms. The Morgan fingerprint density at radius 2 is 2.21 bits per heavy atom. The number of nitrogens with zero attached hydrogens (tertiary/aromatic N) is 4. The number of H-pyrrole nitrogens is 1. The van der Waals surface area contributed by atoms with Crippen LogP contribution in [0.3, 0.4) is 0 Å². The number of carbonyl (C=O) groups excluding carboxylic acids is 1. The first-order chi connectivity index (χ1) is 9.20. The minimum atomic E-state index is -0.280. The molecule has 1 atom stereocenters. The van der Waals surface area contributed by atoms with Gasteiger partial charge in [0.05, 0.1) is 12.1 Å². The number of aromatic amines is 1. The first kappa shape index (κ1) is 12.7. The number of hydrogen-bond donors (Lipinski definition) is 2. The molecule has 0 saturated carbocycles. The Bertz CT molecular complexity index is 584. The summed E-state index contributed by atoms with van der Waals surface area (Å²) in [4.78, 5) is 11.3. The Morgan fingerprint density at radius 3 is 2.79 bits per heavy atom. The third kappa shape index (κ3) is 3.13. The van der Waals surface area contributed by atoms with Crippen LogP contribution in [0.5, 0.6) is 0 Å². The molecule has 1 heterocycles. The van der Waals surface area contributed by atoms with Crippen molar-refractivity contribution in [1.29, 1.82) is 5.26 Å². The van der Waals surface area contributed by atoms with Crippen LogP contribution in [0.4, 0.5) is 0 Å². The van der Waals surface area contributed by atoms with Crippen LogP contribution < -0.4 is 5.32 Å². The van der Waals surface area contributed by atoms with Gasteiger partial charge in [-0.2, -0.15) is 10.5 Å². The largest absolute Gasteiger partial charge is 0.349 e. The van der Waals surface area contributed by atoms with Gasteiger partial charge in [0.2, 0.25) is 11.7 Å². The number of tetrazole rings is 1. The molecular formula is C12H12N6O. The zero-order valence-corrected chi connectivity index (χ0v) is 10.3. The first-order valence-electron chi connectivity index (χ1n) is 5.71. The molecule has 0 bridgehead atoms. The van der Waals surface area contributed by atoms with Crippen molar-refractivity contribution in [3.63, 3.8) is 0 Å². The van der Waals surface area contributed by atoms with Crippen LogP contribution in [0, 0.1) is 11.3 Å². The molecule has 0 radical (unpaired) electrons. The van der Waals surface area contributed by atoms with Crippen LogP contribution in [0.2, 0.25) is 0 Å². The van der Waals surface area contributed by atoms with Crippen LogP contribution >= 0.6 is 0 Å². The Labute approximate surface area is 109 Å². The number of rotatable bonds is 4. The van der Waals surface area contributed by atoms with E-state index >= 15 is 0 Å². The molecule has 0 aliphatic carbocycles. The van der Waals surface area contributed by atoms with E-state index in [1.807, 2.05) is 37.3 Å². The zero-order valence-electron chi connectivity index (χ0n) is 10.3. The molecule has 19 heavy (non-hydrogen) atoms. The second kappa shape index (κ2) is 5.73. The number of carbonyl (C=O) groups is 1. The lowest BCUT2D eigenvalue weighted by Gasteiger charge is -2.13. The molecular weight excluding hydrogens is 244 g/mol. The maximum Gasteiger partial charge on any atom is 0.234 e. The SMILES string of the molecule is CC(NC(=O)CC#N)c1ccc(-c2nn[nH]n2)cc1. The molecule has 1 aromatic heterocycles. The van der Waals surface area contributed by atoms with Crippen molar-refractivity contribution in [2.24, 2.45) is 0 Å². The third-order valence-corrected chi connectivity index (χ3v) is 2.63. The van der Waals surface area contributed by atoms with Gasteiger partial charge in [0.1, 0.15) is 6.42 Å². The average molecular weight is 256 g/mol. The average Bonchev–Trinajstić information content (AvgIpc) is 2.93. The summed E-state index contributed by atoms with van der Waals surface area (Å²) in [6.07, 6.45) is -0.134. The van der Waals surface area contributed by atoms with Gasteiger partial charge in [0.25, 0.3) is 0 Å². The van der Waals surface area contributed by atoms with Gasteiger partial charge in [0.15, 0.2) is 0 Å². The van der Waals surface area contributed by atoms with E-state index in [0.717, 1.165) is 11.1 Å². The highest BCUT2D eigenvalue weighted by Crippen LogP contribution is 2.18. The molecule has 7 nitrogen and oxygen atoms in total. The summed E-state index contributed by atoms with van der Waals surface area (Å²) < 4.78 is 0. The summed E-state index contributed by atoms with van der Waals surface area (Å²) >= 11 is 0. The van der Waals surface area contributed by atoms with E-state index in [2.05, 4.69) is 25.9 Å². The summed E-state index contributed by atoms with van der Waals surface area (Å²) in [6.45, 7) is 1.86. The van der Waals surface area contributed by atoms with Gasteiger partial charge in [-0.1, -0.05) is 24.3 Å². The van der Waals surface area contributed by atoms with Gasteiger partial charge in [-0.15, -0.1) is 10.2 Å². The number of amides is 1. The Balaban J connectivity index is 2.06. The number of nitrogens with one attached hydrogen (secondary N) is 2. The lowest BCUT2D eigenvalue weighted by Crippen LogP contribution is -2.25. The van der Waals surface area contributed by atoms with E-state index in [9.17, 15) is 4.79 Å². The second-order valence-corrected chi connectivity index (χ2v) is 3.98. The highest BCUT2D eigenvalue weighted by Gasteiger charge is 2.10. The highest BCUT2D eigenvalue weighted by molar-refractivity contribution is 5.78. The van der Waals surface area contributed by atoms with E-state index in [1.165, 1.54) is 0 Å². The fourth-order valence-electron chi connectivity index (χ4n) is 1.65. The molecule has 0 aliphatic heterocycles. The Morgan fingerprint density at radius 1 is 1.47 bits per heavy atom. The molecule has 0 saturated heterocycles. The van der Waals surface area contributed by atoms with Crippen molar-refractivity contribution >= 4 is 5.91 Å². The predicted molar refractivity (Wildman–Crippen MR) is 66.4 cm³/mol. The fourth-order valence-corrected chi connectivity index (χ4v) is 1.65. The van der Waals surface area contributed by atoms with E-state index in [0.29, 0.717) is 5.82 Å². The predicted octanol–water partition coefficient (Wildman–Crippen LogP) is 0.958. The Hall–Kier alpha value is -2.75. The number of benzene rings is 1. The van der Waals surface area contributed by atoms with E-state index < -0.39 is 0 Å². The van der Waals surface area contributed by atoms with Gasteiger partial charge in [-0.05, 0) is 17.7 Å². The third-order valence-electron chi connectivity index (χ3n) is 2.63. The molecule has 1 amide bonds. The van der Waals surface area contributed by atoms with Crippen LogP contribution in [-0.4, -0.2) is 26.5 Å². The van der Waals surface area contributed by atoms with Gasteiger partial charge in [-0.3, -0.25) is 4.79 Å². The molecule has 0 aliphatic rings.